The molecule has 2 fully saturated rings. The van der Waals surface area contributed by atoms with Crippen molar-refractivity contribution in [3.63, 3.8) is 0 Å². The summed E-state index contributed by atoms with van der Waals surface area (Å²) in [5.74, 6) is -2.06. The lowest BCUT2D eigenvalue weighted by Crippen LogP contribution is -2.54. The SMILES string of the molecule is Cc1c(Cl)ccc2c1NC(=O)[C@]21N[C@H]([C@H](C)O)[C@H]2C(=O)N(Cc3ccc4c(c3)OCO4)C(=O)[C@H]21. The number of benzene rings is 2. The second-order valence-corrected chi connectivity index (χ2v) is 9.63. The summed E-state index contributed by atoms with van der Waals surface area (Å²) in [6.07, 6.45) is -0.973. The highest BCUT2D eigenvalue weighted by molar-refractivity contribution is 6.32. The van der Waals surface area contributed by atoms with Crippen LogP contribution >= 0.6 is 11.6 Å². The van der Waals surface area contributed by atoms with E-state index in [1.807, 2.05) is 0 Å². The molecule has 0 saturated carbocycles. The zero-order valence-electron chi connectivity index (χ0n) is 18.4. The van der Waals surface area contributed by atoms with Crippen molar-refractivity contribution >= 4 is 35.0 Å². The van der Waals surface area contributed by atoms with Gasteiger partial charge in [-0.05, 0) is 43.2 Å². The second-order valence-electron chi connectivity index (χ2n) is 9.22. The molecule has 9 nitrogen and oxygen atoms in total. The maximum absolute atomic E-state index is 13.8. The van der Waals surface area contributed by atoms with Gasteiger partial charge in [0.25, 0.3) is 0 Å². The highest BCUT2D eigenvalue weighted by Crippen LogP contribution is 2.54. The zero-order chi connectivity index (χ0) is 23.9. The first-order valence-corrected chi connectivity index (χ1v) is 11.4. The van der Waals surface area contributed by atoms with Gasteiger partial charge in [0.15, 0.2) is 11.5 Å². The lowest BCUT2D eigenvalue weighted by molar-refractivity contribution is -0.143. The Bertz CT molecular complexity index is 1280. The summed E-state index contributed by atoms with van der Waals surface area (Å²) in [5, 5.41) is 17.1. The van der Waals surface area contributed by atoms with Gasteiger partial charge in [-0.3, -0.25) is 24.6 Å². The van der Waals surface area contributed by atoms with Crippen LogP contribution in [0, 0.1) is 18.8 Å². The lowest BCUT2D eigenvalue weighted by atomic mass is 9.76. The zero-order valence-corrected chi connectivity index (χ0v) is 19.2. The molecule has 6 rings (SSSR count). The van der Waals surface area contributed by atoms with Gasteiger partial charge >= 0.3 is 0 Å². The van der Waals surface area contributed by atoms with Crippen molar-refractivity contribution in [1.29, 1.82) is 0 Å². The van der Waals surface area contributed by atoms with Crippen LogP contribution in [0.25, 0.3) is 0 Å². The quantitative estimate of drug-likeness (QED) is 0.568. The molecule has 10 heteroatoms. The Morgan fingerprint density at radius 1 is 1.18 bits per heavy atom. The van der Waals surface area contributed by atoms with Crippen molar-refractivity contribution in [1.82, 2.24) is 10.2 Å². The van der Waals surface area contributed by atoms with Crippen molar-refractivity contribution in [2.24, 2.45) is 11.8 Å². The molecule has 3 N–H and O–H groups in total. The van der Waals surface area contributed by atoms with Crippen LogP contribution in [0.4, 0.5) is 5.69 Å². The number of carbonyl (C=O) groups excluding carboxylic acids is 3. The molecule has 0 radical (unpaired) electrons. The fourth-order valence-corrected chi connectivity index (χ4v) is 5.93. The molecule has 0 aromatic heterocycles. The van der Waals surface area contributed by atoms with Gasteiger partial charge < -0.3 is 19.9 Å². The van der Waals surface area contributed by atoms with E-state index in [4.69, 9.17) is 21.1 Å². The van der Waals surface area contributed by atoms with Gasteiger partial charge in [-0.1, -0.05) is 23.7 Å². The van der Waals surface area contributed by atoms with Crippen molar-refractivity contribution in [3.05, 3.63) is 52.0 Å². The average molecular weight is 484 g/mol. The maximum Gasteiger partial charge on any atom is 0.250 e. The van der Waals surface area contributed by atoms with Crippen LogP contribution in [-0.2, 0) is 26.5 Å². The van der Waals surface area contributed by atoms with E-state index in [1.165, 1.54) is 4.90 Å². The summed E-state index contributed by atoms with van der Waals surface area (Å²) in [6.45, 7) is 3.48. The lowest BCUT2D eigenvalue weighted by Gasteiger charge is -2.30. The molecule has 34 heavy (non-hydrogen) atoms. The third-order valence-corrected chi connectivity index (χ3v) is 7.82. The van der Waals surface area contributed by atoms with Gasteiger partial charge in [0.1, 0.15) is 5.54 Å². The Kier molecular flexibility index (Phi) is 4.52. The molecule has 2 saturated heterocycles. The van der Waals surface area contributed by atoms with Crippen molar-refractivity contribution in [3.8, 4) is 11.5 Å². The predicted molar refractivity (Wildman–Crippen MR) is 120 cm³/mol. The van der Waals surface area contributed by atoms with Gasteiger partial charge in [-0.15, -0.1) is 0 Å². The number of hydrogen-bond acceptors (Lipinski definition) is 7. The summed E-state index contributed by atoms with van der Waals surface area (Å²) in [6, 6.07) is 7.84. The molecular weight excluding hydrogens is 462 g/mol. The molecule has 5 atom stereocenters. The number of hydrogen-bond donors (Lipinski definition) is 3. The van der Waals surface area contributed by atoms with Crippen LogP contribution in [0.1, 0.15) is 23.6 Å². The van der Waals surface area contributed by atoms with Gasteiger partial charge in [-0.2, -0.15) is 0 Å². The van der Waals surface area contributed by atoms with E-state index >= 15 is 0 Å². The topological polar surface area (TPSA) is 117 Å². The van der Waals surface area contributed by atoms with E-state index in [-0.39, 0.29) is 13.3 Å². The number of nitrogens with zero attached hydrogens (tertiary/aromatic N) is 1. The summed E-state index contributed by atoms with van der Waals surface area (Å²) < 4.78 is 10.7. The third-order valence-electron chi connectivity index (χ3n) is 7.41. The van der Waals surface area contributed by atoms with E-state index in [2.05, 4.69) is 10.6 Å². The molecule has 4 aliphatic rings. The number of amides is 3. The van der Waals surface area contributed by atoms with Gasteiger partial charge in [0.05, 0.1) is 30.2 Å². The molecule has 0 unspecified atom stereocenters. The van der Waals surface area contributed by atoms with E-state index in [9.17, 15) is 19.5 Å². The summed E-state index contributed by atoms with van der Waals surface area (Å²) in [4.78, 5) is 42.0. The Labute approximate surface area is 200 Å². The Balaban J connectivity index is 1.43. The van der Waals surface area contributed by atoms with Crippen LogP contribution in [0.2, 0.25) is 5.02 Å². The van der Waals surface area contributed by atoms with E-state index in [0.29, 0.717) is 38.9 Å². The third kappa shape index (κ3) is 2.65. The number of carbonyl (C=O) groups is 3. The van der Waals surface area contributed by atoms with Crippen LogP contribution in [0.3, 0.4) is 0 Å². The Morgan fingerprint density at radius 2 is 1.94 bits per heavy atom. The number of aliphatic hydroxyl groups is 1. The normalized spacial score (nSPS) is 29.6. The van der Waals surface area contributed by atoms with Crippen LogP contribution in [0.5, 0.6) is 11.5 Å². The highest BCUT2D eigenvalue weighted by atomic mass is 35.5. The average Bonchev–Trinajstić information content (AvgIpc) is 3.53. The standard InChI is InChI=1S/C24H22ClN3O6/c1-10-14(25)5-4-13-19(10)26-23(32)24(13)18-17(20(27-24)11(2)29)21(30)28(22(18)31)8-12-3-6-15-16(7-12)34-9-33-15/h3-7,11,17-18,20,27,29H,8-9H2,1-2H3,(H,26,32)/t11-,17-,18-,20+,24-/m0/s1. The van der Waals surface area contributed by atoms with Crippen LogP contribution in [-0.4, -0.2) is 46.7 Å². The van der Waals surface area contributed by atoms with Crippen molar-refractivity contribution < 1.29 is 29.0 Å². The molecule has 0 bridgehead atoms. The summed E-state index contributed by atoms with van der Waals surface area (Å²) >= 11 is 6.27. The number of likely N-dealkylation sites (tertiary alicyclic amines) is 1. The van der Waals surface area contributed by atoms with Crippen molar-refractivity contribution in [2.45, 2.75) is 38.1 Å². The smallest absolute Gasteiger partial charge is 0.250 e. The largest absolute Gasteiger partial charge is 0.454 e. The number of halogens is 1. The maximum atomic E-state index is 13.8. The molecule has 3 amide bonds. The second kappa shape index (κ2) is 7.18. The number of nitrogens with one attached hydrogen (secondary N) is 2. The predicted octanol–water partition coefficient (Wildman–Crippen LogP) is 1.68. The number of rotatable bonds is 3. The number of anilines is 1. The molecule has 4 heterocycles. The molecular formula is C24H22ClN3O6. The number of aliphatic hydroxyl groups excluding tert-OH is 1. The Hall–Kier alpha value is -3.14. The minimum atomic E-state index is -1.48. The molecule has 1 spiro atoms. The van der Waals surface area contributed by atoms with E-state index in [1.54, 1.807) is 44.2 Å². The Morgan fingerprint density at radius 3 is 2.71 bits per heavy atom. The molecule has 2 aromatic carbocycles. The first-order chi connectivity index (χ1) is 16.2. The minimum Gasteiger partial charge on any atom is -0.454 e. The van der Waals surface area contributed by atoms with E-state index in [0.717, 1.165) is 0 Å². The fraction of sp³-hybridized carbons (Fsp3) is 0.375. The first-order valence-electron chi connectivity index (χ1n) is 11.0. The van der Waals surface area contributed by atoms with E-state index < -0.39 is 47.2 Å². The molecule has 176 valence electrons. The summed E-state index contributed by atoms with van der Waals surface area (Å²) in [5.41, 5.74) is 0.985. The minimum absolute atomic E-state index is 0.0258. The van der Waals surface area contributed by atoms with Crippen molar-refractivity contribution in [2.75, 3.05) is 12.1 Å². The first kappa shape index (κ1) is 21.4. The van der Waals surface area contributed by atoms with Gasteiger partial charge in [-0.25, -0.2) is 0 Å². The number of fused-ring (bicyclic) bond motifs is 5. The van der Waals surface area contributed by atoms with Gasteiger partial charge in [0.2, 0.25) is 24.5 Å². The van der Waals surface area contributed by atoms with Crippen LogP contribution < -0.4 is 20.1 Å². The number of imide groups is 1. The van der Waals surface area contributed by atoms with Crippen LogP contribution in [0.15, 0.2) is 30.3 Å². The highest BCUT2D eigenvalue weighted by Gasteiger charge is 2.71. The molecule has 4 aliphatic heterocycles. The number of ether oxygens (including phenoxy) is 2. The monoisotopic (exact) mass is 483 g/mol. The molecule has 2 aromatic rings. The summed E-state index contributed by atoms with van der Waals surface area (Å²) in [7, 11) is 0. The molecule has 0 aliphatic carbocycles. The fourth-order valence-electron chi connectivity index (χ4n) is 5.77. The van der Waals surface area contributed by atoms with Gasteiger partial charge in [0, 0.05) is 16.6 Å².